The number of aromatic hydroxyl groups is 1. The van der Waals surface area contributed by atoms with Gasteiger partial charge in [0.05, 0.1) is 22.0 Å². The monoisotopic (exact) mass is 369 g/mol. The van der Waals surface area contributed by atoms with Crippen LogP contribution in [0.2, 0.25) is 5.02 Å². The maximum atomic E-state index is 12.2. The molecule has 9 heteroatoms. The topological polar surface area (TPSA) is 107 Å². The number of methoxy groups -OCH3 is 1. The van der Waals surface area contributed by atoms with Crippen molar-refractivity contribution in [2.24, 2.45) is 0 Å². The van der Waals surface area contributed by atoms with Crippen LogP contribution >= 0.6 is 11.6 Å². The van der Waals surface area contributed by atoms with Crippen molar-refractivity contribution in [1.29, 1.82) is 0 Å². The number of phenols is 1. The molecule has 0 atom stereocenters. The lowest BCUT2D eigenvalue weighted by atomic mass is 10.2. The van der Waals surface area contributed by atoms with Gasteiger partial charge in [-0.15, -0.1) is 0 Å². The first-order valence-corrected chi connectivity index (χ1v) is 8.41. The Kier molecular flexibility index (Phi) is 5.10. The average molecular weight is 370 g/mol. The largest absolute Gasteiger partial charge is 0.503 e. The summed E-state index contributed by atoms with van der Waals surface area (Å²) >= 11 is 5.83. The lowest BCUT2D eigenvalue weighted by molar-refractivity contribution is -0.384. The molecule has 0 amide bonds. The molecule has 0 unspecified atom stereocenters. The van der Waals surface area contributed by atoms with Gasteiger partial charge in [-0.3, -0.25) is 10.1 Å². The number of hydrogen-bond donors (Lipinski definition) is 1. The summed E-state index contributed by atoms with van der Waals surface area (Å²) in [7, 11) is -2.45. The molecule has 126 valence electrons. The van der Waals surface area contributed by atoms with Crippen LogP contribution in [-0.2, 0) is 9.84 Å². The number of rotatable bonds is 5. The quantitative estimate of drug-likeness (QED) is 0.639. The Bertz CT molecular complexity index is 906. The molecule has 24 heavy (non-hydrogen) atoms. The van der Waals surface area contributed by atoms with E-state index in [0.717, 1.165) is 29.7 Å². The van der Waals surface area contributed by atoms with Gasteiger partial charge in [0.15, 0.2) is 21.3 Å². The fraction of sp³-hybridized carbons (Fsp3) is 0.0667. The Morgan fingerprint density at radius 1 is 1.25 bits per heavy atom. The first kappa shape index (κ1) is 17.8. The number of sulfone groups is 1. The molecule has 0 spiro atoms. The second-order valence-corrected chi connectivity index (χ2v) is 6.89. The van der Waals surface area contributed by atoms with Gasteiger partial charge in [-0.1, -0.05) is 11.6 Å². The molecule has 0 saturated heterocycles. The number of halogens is 1. The number of nitrogens with zero attached hydrogens (tertiary/aromatic N) is 1. The standard InChI is InChI=1S/C15H12ClNO6S/c1-23-14-9-10(8-13(16)15(14)18)6-7-24(21,22)12-4-2-11(3-5-12)17(19)20/h2-9,18H,1H3. The summed E-state index contributed by atoms with van der Waals surface area (Å²) in [4.78, 5) is 9.89. The summed E-state index contributed by atoms with van der Waals surface area (Å²) in [6.07, 6.45) is 1.28. The third-order valence-electron chi connectivity index (χ3n) is 3.09. The van der Waals surface area contributed by atoms with Crippen LogP contribution in [0.4, 0.5) is 5.69 Å². The SMILES string of the molecule is COc1cc(C=CS(=O)(=O)c2ccc([N+](=O)[O-])cc2)cc(Cl)c1O. The Balaban J connectivity index is 2.33. The van der Waals surface area contributed by atoms with Gasteiger partial charge < -0.3 is 9.84 Å². The van der Waals surface area contributed by atoms with Crippen LogP contribution in [0, 0.1) is 10.1 Å². The zero-order chi connectivity index (χ0) is 17.9. The molecule has 1 N–H and O–H groups in total. The van der Waals surface area contributed by atoms with Crippen molar-refractivity contribution < 1.29 is 23.2 Å². The number of phenolic OH excluding ortho intramolecular Hbond substituents is 1. The molecule has 2 rings (SSSR count). The highest BCUT2D eigenvalue weighted by Gasteiger charge is 2.13. The van der Waals surface area contributed by atoms with E-state index in [2.05, 4.69) is 0 Å². The molecule has 0 heterocycles. The minimum Gasteiger partial charge on any atom is -0.503 e. The minimum atomic E-state index is -3.79. The van der Waals surface area contributed by atoms with E-state index in [-0.39, 0.29) is 27.1 Å². The summed E-state index contributed by atoms with van der Waals surface area (Å²) < 4.78 is 29.4. The van der Waals surface area contributed by atoms with E-state index in [9.17, 15) is 23.6 Å². The fourth-order valence-electron chi connectivity index (χ4n) is 1.85. The molecule has 0 bridgehead atoms. The molecule has 0 aliphatic rings. The van der Waals surface area contributed by atoms with Crippen LogP contribution < -0.4 is 4.74 Å². The van der Waals surface area contributed by atoms with Crippen molar-refractivity contribution in [3.8, 4) is 11.5 Å². The Morgan fingerprint density at radius 3 is 2.42 bits per heavy atom. The Morgan fingerprint density at radius 2 is 1.88 bits per heavy atom. The molecular formula is C15H12ClNO6S. The number of hydrogen-bond acceptors (Lipinski definition) is 6. The van der Waals surface area contributed by atoms with Gasteiger partial charge in [-0.05, 0) is 35.9 Å². The number of ether oxygens (including phenoxy) is 1. The van der Waals surface area contributed by atoms with Crippen LogP contribution in [0.3, 0.4) is 0 Å². The van der Waals surface area contributed by atoms with Gasteiger partial charge in [0.2, 0.25) is 0 Å². The van der Waals surface area contributed by atoms with E-state index < -0.39 is 14.8 Å². The highest BCUT2D eigenvalue weighted by molar-refractivity contribution is 7.94. The smallest absolute Gasteiger partial charge is 0.269 e. The van der Waals surface area contributed by atoms with Gasteiger partial charge in [0.25, 0.3) is 5.69 Å². The lowest BCUT2D eigenvalue weighted by Gasteiger charge is -2.06. The molecule has 0 aliphatic carbocycles. The molecular weight excluding hydrogens is 358 g/mol. The van der Waals surface area contributed by atoms with E-state index in [1.165, 1.54) is 25.3 Å². The van der Waals surface area contributed by atoms with Gasteiger partial charge in [-0.2, -0.15) is 0 Å². The zero-order valence-corrected chi connectivity index (χ0v) is 13.9. The average Bonchev–Trinajstić information content (AvgIpc) is 2.56. The van der Waals surface area contributed by atoms with Gasteiger partial charge in [-0.25, -0.2) is 8.42 Å². The predicted octanol–water partition coefficient (Wildman–Crippen LogP) is 3.41. The summed E-state index contributed by atoms with van der Waals surface area (Å²) in [6.45, 7) is 0. The van der Waals surface area contributed by atoms with Crippen molar-refractivity contribution in [3.05, 3.63) is 62.5 Å². The van der Waals surface area contributed by atoms with Crippen LogP contribution in [0.25, 0.3) is 6.08 Å². The maximum Gasteiger partial charge on any atom is 0.269 e. The van der Waals surface area contributed by atoms with Gasteiger partial charge >= 0.3 is 0 Å². The molecule has 2 aromatic rings. The van der Waals surface area contributed by atoms with E-state index in [4.69, 9.17) is 16.3 Å². The Hall–Kier alpha value is -2.58. The van der Waals surface area contributed by atoms with Crippen LogP contribution in [-0.4, -0.2) is 25.6 Å². The second-order valence-electron chi connectivity index (χ2n) is 4.65. The number of nitro benzene ring substituents is 1. The first-order valence-electron chi connectivity index (χ1n) is 6.48. The van der Waals surface area contributed by atoms with Crippen LogP contribution in [0.1, 0.15) is 5.56 Å². The third kappa shape index (κ3) is 3.84. The van der Waals surface area contributed by atoms with Crippen molar-refractivity contribution in [1.82, 2.24) is 0 Å². The van der Waals surface area contributed by atoms with Crippen LogP contribution in [0.5, 0.6) is 11.5 Å². The van der Waals surface area contributed by atoms with Crippen molar-refractivity contribution in [2.75, 3.05) is 7.11 Å². The minimum absolute atomic E-state index is 0.0155. The normalized spacial score (nSPS) is 11.6. The lowest BCUT2D eigenvalue weighted by Crippen LogP contribution is -1.97. The summed E-state index contributed by atoms with van der Waals surface area (Å²) in [5.74, 6) is -0.135. The summed E-state index contributed by atoms with van der Waals surface area (Å²) in [5, 5.41) is 21.2. The van der Waals surface area contributed by atoms with Crippen molar-refractivity contribution >= 4 is 33.2 Å². The number of benzene rings is 2. The molecule has 2 aromatic carbocycles. The molecule has 0 aromatic heterocycles. The highest BCUT2D eigenvalue weighted by Crippen LogP contribution is 2.35. The van der Waals surface area contributed by atoms with E-state index in [0.29, 0.717) is 5.56 Å². The molecule has 0 fully saturated rings. The second kappa shape index (κ2) is 6.90. The summed E-state index contributed by atoms with van der Waals surface area (Å²) in [5.41, 5.74) is 0.202. The molecule has 0 saturated carbocycles. The molecule has 0 radical (unpaired) electrons. The van der Waals surface area contributed by atoms with Gasteiger partial charge in [0.1, 0.15) is 0 Å². The van der Waals surface area contributed by atoms with E-state index >= 15 is 0 Å². The maximum absolute atomic E-state index is 12.2. The number of non-ortho nitro benzene ring substituents is 1. The van der Waals surface area contributed by atoms with Gasteiger partial charge in [0, 0.05) is 17.5 Å². The molecule has 7 nitrogen and oxygen atoms in total. The van der Waals surface area contributed by atoms with Crippen LogP contribution in [0.15, 0.2) is 46.7 Å². The van der Waals surface area contributed by atoms with Crippen molar-refractivity contribution in [3.63, 3.8) is 0 Å². The molecule has 0 aliphatic heterocycles. The fourth-order valence-corrected chi connectivity index (χ4v) is 3.08. The van der Waals surface area contributed by atoms with E-state index in [1.807, 2.05) is 0 Å². The zero-order valence-electron chi connectivity index (χ0n) is 12.3. The summed E-state index contributed by atoms with van der Waals surface area (Å²) in [6, 6.07) is 7.33. The predicted molar refractivity (Wildman–Crippen MR) is 89.0 cm³/mol. The third-order valence-corrected chi connectivity index (χ3v) is 4.80. The van der Waals surface area contributed by atoms with E-state index in [1.54, 1.807) is 0 Å². The van der Waals surface area contributed by atoms with Crippen molar-refractivity contribution in [2.45, 2.75) is 4.90 Å². The Labute approximate surface area is 142 Å². The number of nitro groups is 1. The first-order chi connectivity index (χ1) is 11.2. The highest BCUT2D eigenvalue weighted by atomic mass is 35.5.